The van der Waals surface area contributed by atoms with Crippen molar-refractivity contribution in [3.8, 4) is 0 Å². The first-order chi connectivity index (χ1) is 8.01. The lowest BCUT2D eigenvalue weighted by atomic mass is 9.95. The van der Waals surface area contributed by atoms with Crippen LogP contribution in [0.2, 0.25) is 0 Å². The fourth-order valence-electron chi connectivity index (χ4n) is 1.67. The zero-order chi connectivity index (χ0) is 12.7. The molecule has 0 radical (unpaired) electrons. The van der Waals surface area contributed by atoms with Crippen LogP contribution in [0, 0.1) is 5.92 Å². The molecular weight excluding hydrogens is 238 g/mol. The number of hydrogen-bond donors (Lipinski definition) is 0. The molecule has 0 amide bonds. The van der Waals surface area contributed by atoms with Gasteiger partial charge in [0.2, 0.25) is 0 Å². The van der Waals surface area contributed by atoms with Crippen molar-refractivity contribution in [2.45, 2.75) is 26.2 Å². The predicted octanol–water partition coefficient (Wildman–Crippen LogP) is 2.02. The Morgan fingerprint density at radius 3 is 2.76 bits per heavy atom. The van der Waals surface area contributed by atoms with Gasteiger partial charge in [0, 0.05) is 12.4 Å². The summed E-state index contributed by atoms with van der Waals surface area (Å²) in [6.45, 7) is 2.36. The Balaban J connectivity index is 2.39. The number of aromatic nitrogens is 1. The highest BCUT2D eigenvalue weighted by Crippen LogP contribution is 2.15. The lowest BCUT2D eigenvalue weighted by Crippen LogP contribution is -2.11. The second kappa shape index (κ2) is 6.71. The van der Waals surface area contributed by atoms with Gasteiger partial charge in [0.05, 0.1) is 12.9 Å². The second-order valence-electron chi connectivity index (χ2n) is 4.15. The van der Waals surface area contributed by atoms with Crippen molar-refractivity contribution in [1.82, 2.24) is 4.98 Å². The standard InChI is InChI=1S/C12H19NO3S/c1-3-11(6-8-16-17(2,14)15)9-12-5-4-7-13-10-12/h4-5,7,10-11H,3,6,8-9H2,1-2H3. The van der Waals surface area contributed by atoms with E-state index in [1.54, 1.807) is 6.20 Å². The van der Waals surface area contributed by atoms with E-state index in [1.807, 2.05) is 18.3 Å². The number of rotatable bonds is 7. The Hall–Kier alpha value is -0.940. The molecule has 0 aromatic carbocycles. The Bertz CT molecular complexity index is 417. The second-order valence-corrected chi connectivity index (χ2v) is 5.80. The van der Waals surface area contributed by atoms with Crippen molar-refractivity contribution in [1.29, 1.82) is 0 Å². The van der Waals surface area contributed by atoms with Crippen molar-refractivity contribution < 1.29 is 12.6 Å². The third-order valence-corrected chi connectivity index (χ3v) is 3.24. The molecular formula is C12H19NO3S. The molecule has 1 unspecified atom stereocenters. The maximum absolute atomic E-state index is 10.8. The van der Waals surface area contributed by atoms with Gasteiger partial charge in [0.15, 0.2) is 0 Å². The fraction of sp³-hybridized carbons (Fsp3) is 0.583. The molecule has 0 aliphatic rings. The quantitative estimate of drug-likeness (QED) is 0.701. The summed E-state index contributed by atoms with van der Waals surface area (Å²) in [6, 6.07) is 3.95. The summed E-state index contributed by atoms with van der Waals surface area (Å²) in [6.07, 6.45) is 7.34. The summed E-state index contributed by atoms with van der Waals surface area (Å²) in [7, 11) is -3.31. The number of hydrogen-bond acceptors (Lipinski definition) is 4. The van der Waals surface area contributed by atoms with E-state index in [4.69, 9.17) is 4.18 Å². The van der Waals surface area contributed by atoms with E-state index < -0.39 is 10.1 Å². The van der Waals surface area contributed by atoms with Crippen molar-refractivity contribution in [3.05, 3.63) is 30.1 Å². The molecule has 0 spiro atoms. The first-order valence-corrected chi connectivity index (χ1v) is 7.56. The third-order valence-electron chi connectivity index (χ3n) is 2.65. The highest BCUT2D eigenvalue weighted by molar-refractivity contribution is 7.85. The average Bonchev–Trinajstić information content (AvgIpc) is 2.27. The number of nitrogens with zero attached hydrogens (tertiary/aromatic N) is 1. The lowest BCUT2D eigenvalue weighted by Gasteiger charge is -2.14. The zero-order valence-corrected chi connectivity index (χ0v) is 11.1. The molecule has 96 valence electrons. The van der Waals surface area contributed by atoms with Gasteiger partial charge in [-0.05, 0) is 30.4 Å². The molecule has 0 aliphatic carbocycles. The molecule has 1 heterocycles. The van der Waals surface area contributed by atoms with Gasteiger partial charge in [0.25, 0.3) is 10.1 Å². The minimum Gasteiger partial charge on any atom is -0.270 e. The van der Waals surface area contributed by atoms with Crippen molar-refractivity contribution in [2.75, 3.05) is 12.9 Å². The van der Waals surface area contributed by atoms with Crippen LogP contribution in [0.25, 0.3) is 0 Å². The summed E-state index contributed by atoms with van der Waals surface area (Å²) in [5.41, 5.74) is 1.18. The highest BCUT2D eigenvalue weighted by Gasteiger charge is 2.09. The molecule has 0 saturated carbocycles. The summed E-state index contributed by atoms with van der Waals surface area (Å²) in [4.78, 5) is 4.06. The van der Waals surface area contributed by atoms with E-state index in [2.05, 4.69) is 11.9 Å². The van der Waals surface area contributed by atoms with Gasteiger partial charge in [-0.3, -0.25) is 9.17 Å². The van der Waals surface area contributed by atoms with E-state index in [0.717, 1.165) is 25.5 Å². The third kappa shape index (κ3) is 6.38. The molecule has 0 N–H and O–H groups in total. The van der Waals surface area contributed by atoms with Gasteiger partial charge < -0.3 is 0 Å². The smallest absolute Gasteiger partial charge is 0.264 e. The number of pyridine rings is 1. The summed E-state index contributed by atoms with van der Waals surface area (Å²) >= 11 is 0. The van der Waals surface area contributed by atoms with Gasteiger partial charge in [-0.2, -0.15) is 8.42 Å². The van der Waals surface area contributed by atoms with Gasteiger partial charge >= 0.3 is 0 Å². The van der Waals surface area contributed by atoms with E-state index in [1.165, 1.54) is 5.56 Å². The Morgan fingerprint density at radius 2 is 2.24 bits per heavy atom. The van der Waals surface area contributed by atoms with Crippen molar-refractivity contribution >= 4 is 10.1 Å². The lowest BCUT2D eigenvalue weighted by molar-refractivity contribution is 0.280. The molecule has 1 aromatic rings. The van der Waals surface area contributed by atoms with Crippen molar-refractivity contribution in [2.24, 2.45) is 5.92 Å². The molecule has 0 bridgehead atoms. The molecule has 0 fully saturated rings. The van der Waals surface area contributed by atoms with Crippen LogP contribution >= 0.6 is 0 Å². The Kier molecular flexibility index (Phi) is 5.58. The van der Waals surface area contributed by atoms with Crippen LogP contribution in [-0.4, -0.2) is 26.3 Å². The van der Waals surface area contributed by atoms with Crippen LogP contribution in [0.3, 0.4) is 0 Å². The van der Waals surface area contributed by atoms with Gasteiger partial charge in [-0.25, -0.2) is 0 Å². The van der Waals surface area contributed by atoms with Gasteiger partial charge in [0.1, 0.15) is 0 Å². The molecule has 4 nitrogen and oxygen atoms in total. The molecule has 1 aromatic heterocycles. The van der Waals surface area contributed by atoms with Crippen LogP contribution in [0.15, 0.2) is 24.5 Å². The first kappa shape index (κ1) is 14.1. The van der Waals surface area contributed by atoms with E-state index in [9.17, 15) is 8.42 Å². The van der Waals surface area contributed by atoms with Gasteiger partial charge in [-0.15, -0.1) is 0 Å². The predicted molar refractivity (Wildman–Crippen MR) is 67.1 cm³/mol. The zero-order valence-electron chi connectivity index (χ0n) is 10.3. The van der Waals surface area contributed by atoms with Crippen LogP contribution in [0.4, 0.5) is 0 Å². The summed E-state index contributed by atoms with van der Waals surface area (Å²) < 4.78 is 26.4. The van der Waals surface area contributed by atoms with E-state index in [-0.39, 0.29) is 6.61 Å². The summed E-state index contributed by atoms with van der Waals surface area (Å²) in [5, 5.41) is 0. The molecule has 5 heteroatoms. The molecule has 1 rings (SSSR count). The maximum atomic E-state index is 10.8. The molecule has 0 aliphatic heterocycles. The Labute approximate surface area is 103 Å². The molecule has 0 saturated heterocycles. The van der Waals surface area contributed by atoms with Crippen LogP contribution in [0.1, 0.15) is 25.3 Å². The molecule has 1 atom stereocenters. The first-order valence-electron chi connectivity index (χ1n) is 5.74. The Morgan fingerprint density at radius 1 is 1.47 bits per heavy atom. The SMILES string of the molecule is CCC(CCOS(C)(=O)=O)Cc1cccnc1. The van der Waals surface area contributed by atoms with E-state index >= 15 is 0 Å². The van der Waals surface area contributed by atoms with Crippen LogP contribution in [-0.2, 0) is 20.7 Å². The summed E-state index contributed by atoms with van der Waals surface area (Å²) in [5.74, 6) is 0.431. The average molecular weight is 257 g/mol. The minimum atomic E-state index is -3.31. The normalized spacial score (nSPS) is 13.5. The van der Waals surface area contributed by atoms with Crippen LogP contribution in [0.5, 0.6) is 0 Å². The fourth-order valence-corrected chi connectivity index (χ4v) is 2.07. The van der Waals surface area contributed by atoms with Gasteiger partial charge in [-0.1, -0.05) is 19.4 Å². The van der Waals surface area contributed by atoms with E-state index in [0.29, 0.717) is 5.92 Å². The maximum Gasteiger partial charge on any atom is 0.264 e. The topological polar surface area (TPSA) is 56.3 Å². The van der Waals surface area contributed by atoms with Crippen LogP contribution < -0.4 is 0 Å². The van der Waals surface area contributed by atoms with Crippen molar-refractivity contribution in [3.63, 3.8) is 0 Å². The molecule has 17 heavy (non-hydrogen) atoms. The highest BCUT2D eigenvalue weighted by atomic mass is 32.2. The monoisotopic (exact) mass is 257 g/mol. The minimum absolute atomic E-state index is 0.262. The largest absolute Gasteiger partial charge is 0.270 e.